The Hall–Kier alpha value is -0.810. The minimum Gasteiger partial charge on any atom is -0.450 e. The van der Waals surface area contributed by atoms with Gasteiger partial charge in [-0.25, -0.2) is 4.79 Å². The second kappa shape index (κ2) is 5.82. The molecule has 0 radical (unpaired) electrons. The van der Waals surface area contributed by atoms with E-state index in [1.165, 1.54) is 13.1 Å². The topological polar surface area (TPSA) is 72.8 Å². The van der Waals surface area contributed by atoms with Crippen LogP contribution in [0.2, 0.25) is 0 Å². The van der Waals surface area contributed by atoms with Crippen molar-refractivity contribution in [2.45, 2.75) is 26.3 Å². The van der Waals surface area contributed by atoms with Gasteiger partial charge in [0.15, 0.2) is 0 Å². The van der Waals surface area contributed by atoms with Crippen molar-refractivity contribution in [3.05, 3.63) is 0 Å². The Bertz CT molecular complexity index is 167. The zero-order valence-electron chi connectivity index (χ0n) is 9.08. The first-order chi connectivity index (χ1) is 6.34. The van der Waals surface area contributed by atoms with E-state index in [1.807, 2.05) is 0 Å². The van der Waals surface area contributed by atoms with Gasteiger partial charge in [0.2, 0.25) is 0 Å². The molecule has 0 aromatic carbocycles. The number of rotatable bonds is 0. The summed E-state index contributed by atoms with van der Waals surface area (Å²) in [5.41, 5.74) is 0.363. The van der Waals surface area contributed by atoms with Crippen molar-refractivity contribution in [3.8, 4) is 0 Å². The summed E-state index contributed by atoms with van der Waals surface area (Å²) in [5.74, 6) is 0. The van der Waals surface area contributed by atoms with E-state index in [9.17, 15) is 0 Å². The number of hydrogen-bond acceptors (Lipinski definition) is 3. The van der Waals surface area contributed by atoms with Crippen LogP contribution in [0.3, 0.4) is 0 Å². The van der Waals surface area contributed by atoms with E-state index < -0.39 is 6.16 Å². The molecule has 0 aromatic rings. The highest BCUT2D eigenvalue weighted by Crippen LogP contribution is 2.12. The fraction of sp³-hybridized carbons (Fsp3) is 0.889. The van der Waals surface area contributed by atoms with Gasteiger partial charge in [-0.2, -0.15) is 0 Å². The van der Waals surface area contributed by atoms with E-state index >= 15 is 0 Å². The number of carbonyl (C=O) groups is 1. The first-order valence-corrected chi connectivity index (χ1v) is 4.71. The molecule has 84 valence electrons. The molecule has 1 fully saturated rings. The lowest BCUT2D eigenvalue weighted by Crippen LogP contribution is -2.51. The maximum absolute atomic E-state index is 8.56. The molecule has 3 N–H and O–H groups in total. The van der Waals surface area contributed by atoms with E-state index in [0.717, 1.165) is 13.1 Å². The summed E-state index contributed by atoms with van der Waals surface area (Å²) in [6, 6.07) is 0. The predicted octanol–water partition coefficient (Wildman–Crippen LogP) is 0.913. The number of nitrogens with zero attached hydrogens (tertiary/aromatic N) is 1. The summed E-state index contributed by atoms with van der Waals surface area (Å²) in [4.78, 5) is 11.1. The van der Waals surface area contributed by atoms with Gasteiger partial charge in [0.1, 0.15) is 0 Å². The molecule has 1 heterocycles. The van der Waals surface area contributed by atoms with Gasteiger partial charge in [0, 0.05) is 31.7 Å². The van der Waals surface area contributed by atoms with Crippen LogP contribution < -0.4 is 5.32 Å². The zero-order chi connectivity index (χ0) is 11.2. The number of carboxylic acid groups (broad SMARTS) is 2. The molecule has 0 aliphatic carbocycles. The second-order valence-corrected chi connectivity index (χ2v) is 4.19. The maximum Gasteiger partial charge on any atom is 0.503 e. The van der Waals surface area contributed by atoms with Gasteiger partial charge in [-0.05, 0) is 20.8 Å². The van der Waals surface area contributed by atoms with Gasteiger partial charge in [-0.3, -0.25) is 4.90 Å². The first-order valence-electron chi connectivity index (χ1n) is 4.71. The van der Waals surface area contributed by atoms with Crippen molar-refractivity contribution in [3.63, 3.8) is 0 Å². The van der Waals surface area contributed by atoms with Crippen LogP contribution in [0.4, 0.5) is 4.79 Å². The summed E-state index contributed by atoms with van der Waals surface area (Å²) in [7, 11) is 0. The highest BCUT2D eigenvalue weighted by Gasteiger charge is 2.21. The fourth-order valence-electron chi connectivity index (χ4n) is 1.34. The fourth-order valence-corrected chi connectivity index (χ4v) is 1.34. The van der Waals surface area contributed by atoms with Crippen LogP contribution >= 0.6 is 0 Å². The van der Waals surface area contributed by atoms with E-state index in [-0.39, 0.29) is 0 Å². The van der Waals surface area contributed by atoms with E-state index in [4.69, 9.17) is 15.0 Å². The highest BCUT2D eigenvalue weighted by molar-refractivity contribution is 5.53. The first kappa shape index (κ1) is 13.2. The van der Waals surface area contributed by atoms with Gasteiger partial charge in [-0.1, -0.05) is 0 Å². The Morgan fingerprint density at radius 2 is 1.57 bits per heavy atom. The second-order valence-electron chi connectivity index (χ2n) is 4.19. The van der Waals surface area contributed by atoms with Crippen molar-refractivity contribution in [1.82, 2.24) is 10.2 Å². The van der Waals surface area contributed by atoms with Crippen LogP contribution in [0.1, 0.15) is 20.8 Å². The molecule has 5 heteroatoms. The molecule has 5 nitrogen and oxygen atoms in total. The van der Waals surface area contributed by atoms with E-state index in [2.05, 4.69) is 31.0 Å². The number of hydrogen-bond donors (Lipinski definition) is 3. The van der Waals surface area contributed by atoms with Crippen LogP contribution in [0.15, 0.2) is 0 Å². The largest absolute Gasteiger partial charge is 0.503 e. The van der Waals surface area contributed by atoms with Crippen LogP contribution in [-0.2, 0) is 0 Å². The van der Waals surface area contributed by atoms with Crippen molar-refractivity contribution >= 4 is 6.16 Å². The van der Waals surface area contributed by atoms with Gasteiger partial charge in [-0.15, -0.1) is 0 Å². The lowest BCUT2D eigenvalue weighted by atomic mass is 10.1. The molecule has 0 bridgehead atoms. The Morgan fingerprint density at radius 3 is 1.79 bits per heavy atom. The summed E-state index contributed by atoms with van der Waals surface area (Å²) in [6.07, 6.45) is -1.83. The summed E-state index contributed by atoms with van der Waals surface area (Å²) < 4.78 is 0. The standard InChI is InChI=1S/C8H18N2.CH2O3/c1-8(2,3)10-6-4-9-5-7-10;2-1(3)4/h9H,4-7H2,1-3H3;(H2,2,3,4). The molecule has 1 aliphatic heterocycles. The molecule has 0 spiro atoms. The number of piperazine rings is 1. The molecule has 1 rings (SSSR count). The van der Waals surface area contributed by atoms with Crippen LogP contribution in [-0.4, -0.2) is 53.0 Å². The highest BCUT2D eigenvalue weighted by atomic mass is 16.6. The van der Waals surface area contributed by atoms with E-state index in [0.29, 0.717) is 5.54 Å². The predicted molar refractivity (Wildman–Crippen MR) is 54.8 cm³/mol. The van der Waals surface area contributed by atoms with Crippen LogP contribution in [0, 0.1) is 0 Å². The molecular weight excluding hydrogens is 184 g/mol. The Morgan fingerprint density at radius 1 is 1.21 bits per heavy atom. The molecule has 1 saturated heterocycles. The molecule has 0 atom stereocenters. The molecule has 1 aliphatic rings. The van der Waals surface area contributed by atoms with Crippen LogP contribution in [0.25, 0.3) is 0 Å². The lowest BCUT2D eigenvalue weighted by molar-refractivity contribution is 0.119. The minimum atomic E-state index is -1.83. The van der Waals surface area contributed by atoms with Crippen molar-refractivity contribution in [2.24, 2.45) is 0 Å². The maximum atomic E-state index is 8.56. The summed E-state index contributed by atoms with van der Waals surface area (Å²) in [6.45, 7) is 11.5. The van der Waals surface area contributed by atoms with Gasteiger partial charge in [0.25, 0.3) is 0 Å². The van der Waals surface area contributed by atoms with E-state index in [1.54, 1.807) is 0 Å². The average molecular weight is 204 g/mol. The van der Waals surface area contributed by atoms with Gasteiger partial charge < -0.3 is 15.5 Å². The van der Waals surface area contributed by atoms with Gasteiger partial charge >= 0.3 is 6.16 Å². The Labute approximate surface area is 84.7 Å². The van der Waals surface area contributed by atoms with Crippen molar-refractivity contribution in [1.29, 1.82) is 0 Å². The molecule has 0 unspecified atom stereocenters. The summed E-state index contributed by atoms with van der Waals surface area (Å²) >= 11 is 0. The Balaban J connectivity index is 0.000000364. The summed E-state index contributed by atoms with van der Waals surface area (Å²) in [5, 5.41) is 17.3. The third-order valence-electron chi connectivity index (χ3n) is 2.07. The van der Waals surface area contributed by atoms with Crippen molar-refractivity contribution in [2.75, 3.05) is 26.2 Å². The Kier molecular flexibility index (Phi) is 5.49. The van der Waals surface area contributed by atoms with Crippen molar-refractivity contribution < 1.29 is 15.0 Å². The molecular formula is C9H20N2O3. The molecule has 0 amide bonds. The average Bonchev–Trinajstić information content (AvgIpc) is 2.03. The van der Waals surface area contributed by atoms with Crippen LogP contribution in [0.5, 0.6) is 0 Å². The lowest BCUT2D eigenvalue weighted by Gasteiger charge is -2.38. The molecule has 0 saturated carbocycles. The molecule has 0 aromatic heterocycles. The number of nitrogens with one attached hydrogen (secondary N) is 1. The third kappa shape index (κ3) is 6.68. The zero-order valence-corrected chi connectivity index (χ0v) is 9.08. The smallest absolute Gasteiger partial charge is 0.450 e. The molecule has 14 heavy (non-hydrogen) atoms. The SMILES string of the molecule is CC(C)(C)N1CCNCC1.O=C(O)O. The monoisotopic (exact) mass is 204 g/mol. The quantitative estimate of drug-likeness (QED) is 0.547. The van der Waals surface area contributed by atoms with Gasteiger partial charge in [0.05, 0.1) is 0 Å². The minimum absolute atomic E-state index is 0.363. The third-order valence-corrected chi connectivity index (χ3v) is 2.07. The normalized spacial score (nSPS) is 18.2.